The number of carboxylic acid groups (broad SMARTS) is 1. The summed E-state index contributed by atoms with van der Waals surface area (Å²) >= 11 is 1.59. The molecule has 0 radical (unpaired) electrons. The number of hydrogen-bond acceptors (Lipinski definition) is 2. The van der Waals surface area contributed by atoms with Crippen LogP contribution in [0.25, 0.3) is 0 Å². The molecule has 1 rings (SSSR count). The Bertz CT molecular complexity index is 332. The molecular weight excluding hydrogens is 220 g/mol. The Balaban J connectivity index is 2.48. The van der Waals surface area contributed by atoms with Gasteiger partial charge in [0.1, 0.15) is 0 Å². The van der Waals surface area contributed by atoms with Gasteiger partial charge in [-0.2, -0.15) is 11.8 Å². The normalized spacial score (nSPS) is 12.4. The summed E-state index contributed by atoms with van der Waals surface area (Å²) in [5.74, 6) is -0.209. The maximum atomic E-state index is 11.0. The Labute approximate surface area is 101 Å². The molecule has 0 bridgehead atoms. The number of carbonyl (C=O) groups is 1. The molecule has 0 aliphatic heterocycles. The Kier molecular flexibility index (Phi) is 5.39. The van der Waals surface area contributed by atoms with E-state index >= 15 is 0 Å². The van der Waals surface area contributed by atoms with Crippen LogP contribution in [0.4, 0.5) is 0 Å². The molecule has 0 spiro atoms. The summed E-state index contributed by atoms with van der Waals surface area (Å²) in [6.45, 7) is 2.05. The predicted octanol–water partition coefficient (Wildman–Crippen LogP) is 2.99. The Hall–Kier alpha value is -0.960. The molecule has 0 aliphatic rings. The second kappa shape index (κ2) is 6.59. The van der Waals surface area contributed by atoms with Crippen molar-refractivity contribution in [3.05, 3.63) is 35.4 Å². The number of aliphatic carboxylic acids is 1. The average molecular weight is 238 g/mol. The van der Waals surface area contributed by atoms with Gasteiger partial charge in [0.25, 0.3) is 0 Å². The fourth-order valence-corrected chi connectivity index (χ4v) is 2.29. The minimum Gasteiger partial charge on any atom is -0.481 e. The van der Waals surface area contributed by atoms with E-state index in [4.69, 9.17) is 5.11 Å². The number of carboxylic acids is 1. The van der Waals surface area contributed by atoms with Crippen LogP contribution in [0, 0.1) is 12.8 Å². The van der Waals surface area contributed by atoms with E-state index in [1.165, 1.54) is 11.1 Å². The van der Waals surface area contributed by atoms with E-state index in [0.717, 1.165) is 12.8 Å². The van der Waals surface area contributed by atoms with Crippen molar-refractivity contribution in [2.24, 2.45) is 5.92 Å². The highest BCUT2D eigenvalue weighted by molar-refractivity contribution is 7.98. The van der Waals surface area contributed by atoms with Crippen molar-refractivity contribution in [1.82, 2.24) is 0 Å². The van der Waals surface area contributed by atoms with Crippen LogP contribution < -0.4 is 0 Å². The Morgan fingerprint density at radius 2 is 2.00 bits per heavy atom. The zero-order valence-corrected chi connectivity index (χ0v) is 10.6. The molecule has 88 valence electrons. The minimum atomic E-state index is -0.679. The van der Waals surface area contributed by atoms with Gasteiger partial charge in [0.15, 0.2) is 0 Å². The first-order chi connectivity index (χ1) is 7.63. The van der Waals surface area contributed by atoms with Crippen LogP contribution in [-0.2, 0) is 11.2 Å². The van der Waals surface area contributed by atoms with Gasteiger partial charge in [-0.3, -0.25) is 4.79 Å². The second-order valence-electron chi connectivity index (χ2n) is 4.01. The minimum absolute atomic E-state index is 0.226. The molecular formula is C13H18O2S. The van der Waals surface area contributed by atoms with Gasteiger partial charge in [-0.1, -0.05) is 29.8 Å². The molecule has 0 aromatic heterocycles. The lowest BCUT2D eigenvalue weighted by atomic mass is 10.0. The average Bonchev–Trinajstić information content (AvgIpc) is 2.26. The summed E-state index contributed by atoms with van der Waals surface area (Å²) in [7, 11) is 0. The third-order valence-corrected chi connectivity index (χ3v) is 3.35. The van der Waals surface area contributed by atoms with Crippen LogP contribution in [0.15, 0.2) is 24.3 Å². The number of thioether (sulfide) groups is 1. The predicted molar refractivity (Wildman–Crippen MR) is 69.0 cm³/mol. The van der Waals surface area contributed by atoms with Gasteiger partial charge in [-0.25, -0.2) is 0 Å². The van der Waals surface area contributed by atoms with Gasteiger partial charge in [0.2, 0.25) is 0 Å². The van der Waals surface area contributed by atoms with Crippen molar-refractivity contribution in [3.63, 3.8) is 0 Å². The Morgan fingerprint density at radius 3 is 2.50 bits per heavy atom. The van der Waals surface area contributed by atoms with Gasteiger partial charge in [0.05, 0.1) is 5.92 Å². The van der Waals surface area contributed by atoms with E-state index in [1.54, 1.807) is 11.8 Å². The first-order valence-electron chi connectivity index (χ1n) is 5.40. The fourth-order valence-electron chi connectivity index (χ4n) is 1.57. The van der Waals surface area contributed by atoms with Crippen molar-refractivity contribution < 1.29 is 9.90 Å². The lowest BCUT2D eigenvalue weighted by Gasteiger charge is -2.10. The lowest BCUT2D eigenvalue weighted by molar-refractivity contribution is -0.141. The summed E-state index contributed by atoms with van der Waals surface area (Å²) in [5, 5.41) is 9.01. The molecule has 0 saturated carbocycles. The van der Waals surface area contributed by atoms with E-state index in [0.29, 0.717) is 5.75 Å². The third-order valence-electron chi connectivity index (χ3n) is 2.62. The van der Waals surface area contributed by atoms with Gasteiger partial charge in [-0.05, 0) is 31.6 Å². The first-order valence-corrected chi connectivity index (χ1v) is 6.80. The highest BCUT2D eigenvalue weighted by atomic mass is 32.2. The first kappa shape index (κ1) is 13.1. The largest absolute Gasteiger partial charge is 0.481 e. The molecule has 0 heterocycles. The maximum Gasteiger partial charge on any atom is 0.307 e. The topological polar surface area (TPSA) is 37.3 Å². The van der Waals surface area contributed by atoms with Crippen LogP contribution in [-0.4, -0.2) is 23.1 Å². The molecule has 3 heteroatoms. The summed E-state index contributed by atoms with van der Waals surface area (Å²) in [4.78, 5) is 11.0. The quantitative estimate of drug-likeness (QED) is 0.828. The fraction of sp³-hybridized carbons (Fsp3) is 0.462. The monoisotopic (exact) mass is 238 g/mol. The van der Waals surface area contributed by atoms with Crippen LogP contribution >= 0.6 is 11.8 Å². The maximum absolute atomic E-state index is 11.0. The van der Waals surface area contributed by atoms with Gasteiger partial charge >= 0.3 is 5.97 Å². The highest BCUT2D eigenvalue weighted by Gasteiger charge is 2.16. The van der Waals surface area contributed by atoms with Crippen molar-refractivity contribution in [1.29, 1.82) is 0 Å². The summed E-state index contributed by atoms with van der Waals surface area (Å²) in [5.41, 5.74) is 2.46. The van der Waals surface area contributed by atoms with E-state index in [2.05, 4.69) is 31.2 Å². The molecule has 1 N–H and O–H groups in total. The summed E-state index contributed by atoms with van der Waals surface area (Å²) in [6.07, 6.45) is 3.51. The van der Waals surface area contributed by atoms with E-state index in [9.17, 15) is 4.79 Å². The van der Waals surface area contributed by atoms with Crippen LogP contribution in [0.5, 0.6) is 0 Å². The van der Waals surface area contributed by atoms with Gasteiger partial charge in [-0.15, -0.1) is 0 Å². The van der Waals surface area contributed by atoms with Crippen LogP contribution in [0.1, 0.15) is 17.5 Å². The van der Waals surface area contributed by atoms with Crippen molar-refractivity contribution >= 4 is 17.7 Å². The van der Waals surface area contributed by atoms with Crippen molar-refractivity contribution in [3.8, 4) is 0 Å². The van der Waals surface area contributed by atoms with Crippen LogP contribution in [0.3, 0.4) is 0 Å². The Morgan fingerprint density at radius 1 is 1.38 bits per heavy atom. The zero-order valence-electron chi connectivity index (χ0n) is 9.77. The molecule has 16 heavy (non-hydrogen) atoms. The number of aryl methyl sites for hydroxylation is 2. The highest BCUT2D eigenvalue weighted by Crippen LogP contribution is 2.15. The van der Waals surface area contributed by atoms with Crippen molar-refractivity contribution in [2.75, 3.05) is 12.0 Å². The number of benzene rings is 1. The van der Waals surface area contributed by atoms with Gasteiger partial charge < -0.3 is 5.11 Å². The lowest BCUT2D eigenvalue weighted by Crippen LogP contribution is -2.17. The van der Waals surface area contributed by atoms with Crippen LogP contribution in [0.2, 0.25) is 0 Å². The van der Waals surface area contributed by atoms with Gasteiger partial charge in [0, 0.05) is 5.75 Å². The van der Waals surface area contributed by atoms with E-state index < -0.39 is 5.97 Å². The number of rotatable bonds is 6. The smallest absolute Gasteiger partial charge is 0.307 e. The molecule has 1 aromatic carbocycles. The molecule has 0 amide bonds. The number of hydrogen-bond donors (Lipinski definition) is 1. The molecule has 2 nitrogen and oxygen atoms in total. The molecule has 0 saturated heterocycles. The molecule has 1 aromatic rings. The molecule has 1 atom stereocenters. The third kappa shape index (κ3) is 4.27. The zero-order chi connectivity index (χ0) is 12.0. The second-order valence-corrected chi connectivity index (χ2v) is 4.93. The van der Waals surface area contributed by atoms with Crippen molar-refractivity contribution in [2.45, 2.75) is 19.8 Å². The summed E-state index contributed by atoms with van der Waals surface area (Å²) < 4.78 is 0. The molecule has 0 fully saturated rings. The molecule has 0 aliphatic carbocycles. The summed E-state index contributed by atoms with van der Waals surface area (Å²) in [6, 6.07) is 8.29. The SMILES string of the molecule is CSCC(CCc1ccc(C)cc1)C(=O)O. The standard InChI is InChI=1S/C13H18O2S/c1-10-3-5-11(6-4-10)7-8-12(9-16-2)13(14)15/h3-6,12H,7-9H2,1-2H3,(H,14,15). The van der Waals surface area contributed by atoms with E-state index in [-0.39, 0.29) is 5.92 Å². The van der Waals surface area contributed by atoms with E-state index in [1.807, 2.05) is 6.26 Å². The molecule has 1 unspecified atom stereocenters.